The first-order valence-electron chi connectivity index (χ1n) is 19.3. The average Bonchev–Trinajstić information content (AvgIpc) is 3.60. The van der Waals surface area contributed by atoms with Gasteiger partial charge in [0, 0.05) is 52.7 Å². The maximum absolute atomic E-state index is 14.8. The summed E-state index contributed by atoms with van der Waals surface area (Å²) in [4.78, 5) is 32.9. The molecule has 51 heavy (non-hydrogen) atoms. The lowest BCUT2D eigenvalue weighted by molar-refractivity contribution is -0.177. The minimum Gasteiger partial charge on any atom is -0.497 e. The first kappa shape index (κ1) is 33.4. The van der Waals surface area contributed by atoms with E-state index in [2.05, 4.69) is 59.3 Å². The van der Waals surface area contributed by atoms with E-state index in [4.69, 9.17) is 4.74 Å². The first-order chi connectivity index (χ1) is 24.4. The molecule has 8 nitrogen and oxygen atoms in total. The number of ketones is 1. The number of Topliss-reactive ketones (excluding diaryl/α,β-unsaturated/α-hetero) is 1. The Morgan fingerprint density at radius 2 is 1.59 bits per heavy atom. The number of ether oxygens (including phenoxy) is 1. The summed E-state index contributed by atoms with van der Waals surface area (Å²) in [5, 5.41) is 27.1. The molecule has 2 saturated heterocycles. The third-order valence-electron chi connectivity index (χ3n) is 15.9. The molecule has 3 saturated carbocycles. The normalized spacial score (nSPS) is 40.7. The molecule has 2 aromatic rings. The van der Waals surface area contributed by atoms with Crippen LogP contribution in [0.3, 0.4) is 0 Å². The maximum atomic E-state index is 14.8. The van der Waals surface area contributed by atoms with Crippen LogP contribution < -0.4 is 15.0 Å². The minimum atomic E-state index is -0.920. The second-order valence-electron chi connectivity index (χ2n) is 17.6. The highest BCUT2D eigenvalue weighted by molar-refractivity contribution is 6.10. The number of nitrogens with one attached hydrogen (secondary N) is 1. The zero-order chi connectivity index (χ0) is 35.4. The van der Waals surface area contributed by atoms with Crippen LogP contribution in [0, 0.1) is 33.5 Å². The van der Waals surface area contributed by atoms with Gasteiger partial charge in [0.2, 0.25) is 5.91 Å². The number of rotatable bonds is 6. The number of hydrogen-bond donors (Lipinski definition) is 3. The number of hydrogen-bond acceptors (Lipinski definition) is 7. The summed E-state index contributed by atoms with van der Waals surface area (Å²) in [5.74, 6) is 1.25. The van der Waals surface area contributed by atoms with Crippen molar-refractivity contribution in [2.24, 2.45) is 33.5 Å². The van der Waals surface area contributed by atoms with E-state index in [1.54, 1.807) is 7.11 Å². The number of para-hydroxylation sites is 1. The molecular weight excluding hydrogens is 638 g/mol. The molecule has 2 aliphatic heterocycles. The van der Waals surface area contributed by atoms with E-state index < -0.39 is 22.0 Å². The van der Waals surface area contributed by atoms with Crippen LogP contribution in [-0.2, 0) is 4.79 Å². The van der Waals surface area contributed by atoms with Crippen LogP contribution in [0.5, 0.6) is 5.75 Å². The van der Waals surface area contributed by atoms with E-state index in [1.807, 2.05) is 42.5 Å². The molecule has 8 aliphatic rings. The zero-order valence-electron chi connectivity index (χ0n) is 30.4. The van der Waals surface area contributed by atoms with Crippen molar-refractivity contribution >= 4 is 17.4 Å². The lowest BCUT2D eigenvalue weighted by atomic mass is 9.32. The van der Waals surface area contributed by atoms with Gasteiger partial charge in [-0.15, -0.1) is 0 Å². The third kappa shape index (κ3) is 4.36. The summed E-state index contributed by atoms with van der Waals surface area (Å²) >= 11 is 0. The van der Waals surface area contributed by atoms with Gasteiger partial charge in [-0.25, -0.2) is 0 Å². The van der Waals surface area contributed by atoms with Crippen LogP contribution in [-0.4, -0.2) is 77.5 Å². The van der Waals surface area contributed by atoms with E-state index in [-0.39, 0.29) is 40.5 Å². The molecule has 2 heterocycles. The highest BCUT2D eigenvalue weighted by Crippen LogP contribution is 2.78. The number of anilines is 1. The summed E-state index contributed by atoms with van der Waals surface area (Å²) in [6, 6.07) is 17.7. The van der Waals surface area contributed by atoms with Crippen LogP contribution in [0.2, 0.25) is 0 Å². The van der Waals surface area contributed by atoms with Crippen molar-refractivity contribution in [3.8, 4) is 5.75 Å². The maximum Gasteiger partial charge on any atom is 0.247 e. The molecule has 3 N–H and O–H groups in total. The molecular formula is C43H53N3O5. The van der Waals surface area contributed by atoms with Crippen LogP contribution in [0.15, 0.2) is 78.4 Å². The van der Waals surface area contributed by atoms with Gasteiger partial charge < -0.3 is 30.1 Å². The Morgan fingerprint density at radius 3 is 2.31 bits per heavy atom. The quantitative estimate of drug-likeness (QED) is 0.256. The highest BCUT2D eigenvalue weighted by atomic mass is 16.5. The van der Waals surface area contributed by atoms with Gasteiger partial charge in [-0.1, -0.05) is 50.3 Å². The lowest BCUT2D eigenvalue weighted by Gasteiger charge is -2.71. The van der Waals surface area contributed by atoms with Crippen molar-refractivity contribution in [1.82, 2.24) is 10.2 Å². The number of allylic oxidation sites excluding steroid dienone is 4. The summed E-state index contributed by atoms with van der Waals surface area (Å²) in [6.45, 7) is 7.34. The Kier molecular flexibility index (Phi) is 7.38. The van der Waals surface area contributed by atoms with Gasteiger partial charge in [-0.05, 0) is 111 Å². The molecule has 3 spiro atoms. The van der Waals surface area contributed by atoms with Gasteiger partial charge >= 0.3 is 0 Å². The lowest BCUT2D eigenvalue weighted by Crippen LogP contribution is -2.67. The molecule has 2 aromatic carbocycles. The van der Waals surface area contributed by atoms with Crippen molar-refractivity contribution in [3.05, 3.63) is 84.0 Å². The van der Waals surface area contributed by atoms with Crippen LogP contribution >= 0.6 is 0 Å². The Hall–Kier alpha value is -3.46. The number of aliphatic hydroxyl groups is 2. The van der Waals surface area contributed by atoms with Gasteiger partial charge in [-0.2, -0.15) is 0 Å². The number of carbonyl (C=O) groups is 2. The fraction of sp³-hybridized carbons (Fsp3) is 0.581. The topological polar surface area (TPSA) is 102 Å². The van der Waals surface area contributed by atoms with Crippen molar-refractivity contribution in [1.29, 1.82) is 0 Å². The van der Waals surface area contributed by atoms with Crippen molar-refractivity contribution in [2.75, 3.05) is 38.3 Å². The van der Waals surface area contributed by atoms with Gasteiger partial charge in [0.25, 0.3) is 0 Å². The van der Waals surface area contributed by atoms with E-state index in [0.717, 1.165) is 62.2 Å². The monoisotopic (exact) mass is 691 g/mol. The number of β-amino-alcohol motifs (C(OH)–C–C–N with tert-alkyl or cyclic N) is 1. The SMILES string of the molecule is COc1ccc(C(=O)C2=C[C@@]34C=C[C@@]25[C@@H]2CC[C@@](O)(CN6CCC7(CC6)C(=O)NCN7c6ccccc6)[C@@]2(C)CC[C@@H]5[C@@]3(C)CCC(O)C4)cc1. The second kappa shape index (κ2) is 11.3. The molecule has 8 heteroatoms. The number of aliphatic hydroxyl groups excluding tert-OH is 1. The fourth-order valence-electron chi connectivity index (χ4n) is 13.0. The van der Waals surface area contributed by atoms with Crippen LogP contribution in [0.25, 0.3) is 0 Å². The molecule has 1 unspecified atom stereocenters. The van der Waals surface area contributed by atoms with Gasteiger partial charge in [0.1, 0.15) is 11.3 Å². The second-order valence-corrected chi connectivity index (χ2v) is 17.6. The van der Waals surface area contributed by atoms with Gasteiger partial charge in [0.15, 0.2) is 5.78 Å². The molecule has 10 rings (SSSR count). The Bertz CT molecular complexity index is 1800. The number of piperidine rings is 1. The Morgan fingerprint density at radius 1 is 0.902 bits per heavy atom. The van der Waals surface area contributed by atoms with Gasteiger partial charge in [0.05, 0.1) is 25.5 Å². The molecule has 2 bridgehead atoms. The van der Waals surface area contributed by atoms with Crippen molar-refractivity contribution in [2.45, 2.75) is 88.9 Å². The summed E-state index contributed by atoms with van der Waals surface area (Å²) in [6.07, 6.45) is 13.9. The van der Waals surface area contributed by atoms with E-state index in [0.29, 0.717) is 44.5 Å². The summed E-state index contributed by atoms with van der Waals surface area (Å²) in [7, 11) is 1.64. The van der Waals surface area contributed by atoms with E-state index >= 15 is 0 Å². The number of carbonyl (C=O) groups excluding carboxylic acids is 2. The molecule has 0 aromatic heterocycles. The Labute approximate surface area is 301 Å². The number of likely N-dealkylation sites (tertiary alicyclic amines) is 1. The zero-order valence-corrected chi connectivity index (χ0v) is 30.4. The molecule has 270 valence electrons. The highest BCUT2D eigenvalue weighted by Gasteiger charge is 2.74. The predicted molar refractivity (Wildman–Crippen MR) is 196 cm³/mol. The van der Waals surface area contributed by atoms with E-state index in [1.165, 1.54) is 0 Å². The average molecular weight is 692 g/mol. The van der Waals surface area contributed by atoms with Crippen LogP contribution in [0.1, 0.15) is 82.0 Å². The molecule has 6 aliphatic carbocycles. The standard InChI is InChI=1S/C43H53N3O5/c1-38-16-13-31(47)25-40(38)19-20-43(33(26-40)36(48)29-9-11-32(51-3)12-10-29)34(38)14-17-39(2)35(43)15-18-42(39,50)27-45-23-21-41(22-24-45)37(49)44-28-46(41)30-7-5-4-6-8-30/h4-12,19-20,26,31,34-35,47,50H,13-18,21-25,27-28H2,1-3H3,(H,44,49)/t31?,34-,35-,38-,39+,40+,42-,43-/m1/s1. The van der Waals surface area contributed by atoms with Crippen molar-refractivity contribution < 1.29 is 24.5 Å². The van der Waals surface area contributed by atoms with E-state index in [9.17, 15) is 19.8 Å². The summed E-state index contributed by atoms with van der Waals surface area (Å²) < 4.78 is 5.42. The number of fused-ring (bicyclic) bond motifs is 1. The molecule has 1 amide bonds. The number of benzene rings is 2. The number of amides is 1. The van der Waals surface area contributed by atoms with Crippen LogP contribution in [0.4, 0.5) is 5.69 Å². The first-order valence-corrected chi connectivity index (χ1v) is 19.3. The largest absolute Gasteiger partial charge is 0.497 e. The van der Waals surface area contributed by atoms with Gasteiger partial charge in [-0.3, -0.25) is 9.59 Å². The summed E-state index contributed by atoms with van der Waals surface area (Å²) in [5.41, 5.74) is -0.197. The molecule has 0 radical (unpaired) electrons. The predicted octanol–water partition coefficient (Wildman–Crippen LogP) is 5.90. The minimum absolute atomic E-state index is 0.0623. The third-order valence-corrected chi connectivity index (χ3v) is 15.9. The fourth-order valence-corrected chi connectivity index (χ4v) is 13.0. The van der Waals surface area contributed by atoms with Crippen molar-refractivity contribution in [3.63, 3.8) is 0 Å². The number of methoxy groups -OCH3 is 1. The smallest absolute Gasteiger partial charge is 0.247 e. The number of nitrogens with zero attached hydrogens (tertiary/aromatic N) is 2. The molecule has 5 fully saturated rings. The Balaban J connectivity index is 1.03. The molecule has 8 atom stereocenters.